The van der Waals surface area contributed by atoms with Crippen molar-refractivity contribution in [1.29, 1.82) is 0 Å². The molecule has 0 spiro atoms. The monoisotopic (exact) mass is 381 g/mol. The lowest BCUT2D eigenvalue weighted by molar-refractivity contribution is 0.0681. The maximum atomic E-state index is 13.2. The van der Waals surface area contributed by atoms with E-state index in [0.717, 1.165) is 49.1 Å². The highest BCUT2D eigenvalue weighted by molar-refractivity contribution is 5.94. The van der Waals surface area contributed by atoms with Gasteiger partial charge in [-0.2, -0.15) is 0 Å². The molecule has 1 aliphatic heterocycles. The average Bonchev–Trinajstić information content (AvgIpc) is 2.98. The lowest BCUT2D eigenvalue weighted by Gasteiger charge is -2.31. The lowest BCUT2D eigenvalue weighted by atomic mass is 9.99. The molecule has 0 unspecified atom stereocenters. The molecule has 0 radical (unpaired) electrons. The number of carbonyl (C=O) groups is 2. The minimum atomic E-state index is -0.563. The molecular weight excluding hydrogens is 354 g/mol. The molecule has 3 N–H and O–H groups in total. The minimum absolute atomic E-state index is 0.0390. The molecule has 3 rings (SSSR count). The topological polar surface area (TPSA) is 84.7 Å². The van der Waals surface area contributed by atoms with Crippen molar-refractivity contribution in [3.05, 3.63) is 65.2 Å². The first-order chi connectivity index (χ1) is 13.6. The third-order valence-electron chi connectivity index (χ3n) is 5.18. The van der Waals surface area contributed by atoms with Gasteiger partial charge in [-0.1, -0.05) is 37.1 Å². The SMILES string of the molecule is COc1ccc([C@@H]2CCCCCN2C(=O)c2ccc(CNC(N)=O)cc2)cc1. The van der Waals surface area contributed by atoms with Gasteiger partial charge >= 0.3 is 6.03 Å². The van der Waals surface area contributed by atoms with Gasteiger partial charge in [-0.3, -0.25) is 4.79 Å². The summed E-state index contributed by atoms with van der Waals surface area (Å²) >= 11 is 0. The molecule has 0 aromatic heterocycles. The highest BCUT2D eigenvalue weighted by Crippen LogP contribution is 2.32. The van der Waals surface area contributed by atoms with Gasteiger partial charge in [0.2, 0.25) is 0 Å². The summed E-state index contributed by atoms with van der Waals surface area (Å²) in [6, 6.07) is 14.8. The van der Waals surface area contributed by atoms with Gasteiger partial charge in [-0.25, -0.2) is 4.79 Å². The summed E-state index contributed by atoms with van der Waals surface area (Å²) < 4.78 is 5.26. The first kappa shape index (κ1) is 19.7. The Morgan fingerprint density at radius 1 is 1.07 bits per heavy atom. The fourth-order valence-corrected chi connectivity index (χ4v) is 3.64. The second-order valence-electron chi connectivity index (χ2n) is 7.05. The van der Waals surface area contributed by atoms with E-state index in [9.17, 15) is 9.59 Å². The van der Waals surface area contributed by atoms with Gasteiger partial charge < -0.3 is 20.7 Å². The molecule has 0 bridgehead atoms. The van der Waals surface area contributed by atoms with Crippen molar-refractivity contribution in [3.8, 4) is 5.75 Å². The van der Waals surface area contributed by atoms with E-state index in [1.165, 1.54) is 0 Å². The second kappa shape index (κ2) is 9.26. The Morgan fingerprint density at radius 2 is 1.79 bits per heavy atom. The summed E-state index contributed by atoms with van der Waals surface area (Å²) in [5.41, 5.74) is 7.79. The molecule has 3 amide bonds. The van der Waals surface area contributed by atoms with Gasteiger partial charge in [0.1, 0.15) is 5.75 Å². The van der Waals surface area contributed by atoms with Crippen molar-refractivity contribution in [2.45, 2.75) is 38.3 Å². The van der Waals surface area contributed by atoms with Crippen LogP contribution in [-0.2, 0) is 6.54 Å². The van der Waals surface area contributed by atoms with Crippen LogP contribution in [-0.4, -0.2) is 30.5 Å². The first-order valence-corrected chi connectivity index (χ1v) is 9.65. The van der Waals surface area contributed by atoms with Gasteiger partial charge in [-0.05, 0) is 48.2 Å². The largest absolute Gasteiger partial charge is 0.497 e. The summed E-state index contributed by atoms with van der Waals surface area (Å²) in [6.45, 7) is 1.10. The van der Waals surface area contributed by atoms with Crippen LogP contribution in [0, 0.1) is 0 Å². The summed E-state index contributed by atoms with van der Waals surface area (Å²) in [7, 11) is 1.65. The smallest absolute Gasteiger partial charge is 0.312 e. The van der Waals surface area contributed by atoms with Crippen molar-refractivity contribution in [1.82, 2.24) is 10.2 Å². The number of likely N-dealkylation sites (tertiary alicyclic amines) is 1. The van der Waals surface area contributed by atoms with Crippen LogP contribution in [0.4, 0.5) is 4.79 Å². The highest BCUT2D eigenvalue weighted by Gasteiger charge is 2.27. The van der Waals surface area contributed by atoms with Gasteiger partial charge in [0.15, 0.2) is 0 Å². The molecule has 1 fully saturated rings. The number of urea groups is 1. The quantitative estimate of drug-likeness (QED) is 0.829. The van der Waals surface area contributed by atoms with Gasteiger partial charge in [0.25, 0.3) is 5.91 Å². The van der Waals surface area contributed by atoms with E-state index in [0.29, 0.717) is 12.1 Å². The molecule has 0 saturated carbocycles. The Kier molecular flexibility index (Phi) is 6.53. The standard InChI is InChI=1S/C22H27N3O3/c1-28-19-12-10-17(11-13-19)20-5-3-2-4-14-25(20)21(26)18-8-6-16(7-9-18)15-24-22(23)27/h6-13,20H,2-5,14-15H2,1H3,(H3,23,24,27)/t20-/m0/s1. The number of benzene rings is 2. The van der Waals surface area contributed by atoms with E-state index < -0.39 is 6.03 Å². The Hall–Kier alpha value is -3.02. The number of nitrogens with one attached hydrogen (secondary N) is 1. The maximum absolute atomic E-state index is 13.2. The summed E-state index contributed by atoms with van der Waals surface area (Å²) in [5, 5.41) is 2.55. The summed E-state index contributed by atoms with van der Waals surface area (Å²) in [4.78, 5) is 26.1. The molecule has 1 saturated heterocycles. The average molecular weight is 381 g/mol. The Labute approximate surface area is 165 Å². The van der Waals surface area contributed by atoms with E-state index in [4.69, 9.17) is 10.5 Å². The number of nitrogens with two attached hydrogens (primary N) is 1. The van der Waals surface area contributed by atoms with E-state index in [-0.39, 0.29) is 11.9 Å². The van der Waals surface area contributed by atoms with Crippen molar-refractivity contribution in [2.75, 3.05) is 13.7 Å². The van der Waals surface area contributed by atoms with Crippen LogP contribution < -0.4 is 15.8 Å². The van der Waals surface area contributed by atoms with Crippen molar-refractivity contribution in [2.24, 2.45) is 5.73 Å². The molecule has 0 aliphatic carbocycles. The number of ether oxygens (including phenoxy) is 1. The van der Waals surface area contributed by atoms with Crippen LogP contribution in [0.1, 0.15) is 53.2 Å². The van der Waals surface area contributed by atoms with Gasteiger partial charge in [0, 0.05) is 18.7 Å². The molecule has 6 heteroatoms. The number of amides is 3. The Balaban J connectivity index is 1.79. The number of methoxy groups -OCH3 is 1. The number of hydrogen-bond acceptors (Lipinski definition) is 3. The number of carbonyl (C=O) groups excluding carboxylic acids is 2. The zero-order valence-electron chi connectivity index (χ0n) is 16.2. The maximum Gasteiger partial charge on any atom is 0.312 e. The molecular formula is C22H27N3O3. The van der Waals surface area contributed by atoms with Gasteiger partial charge in [-0.15, -0.1) is 0 Å². The van der Waals surface area contributed by atoms with Crippen LogP contribution >= 0.6 is 0 Å². The van der Waals surface area contributed by atoms with Crippen molar-refractivity contribution in [3.63, 3.8) is 0 Å². The van der Waals surface area contributed by atoms with Crippen molar-refractivity contribution >= 4 is 11.9 Å². The minimum Gasteiger partial charge on any atom is -0.497 e. The number of rotatable bonds is 5. The van der Waals surface area contributed by atoms with Crippen LogP contribution in [0.2, 0.25) is 0 Å². The fourth-order valence-electron chi connectivity index (χ4n) is 3.64. The number of primary amides is 1. The van der Waals surface area contributed by atoms with Crippen LogP contribution in [0.3, 0.4) is 0 Å². The molecule has 6 nitrogen and oxygen atoms in total. The molecule has 148 valence electrons. The molecule has 1 heterocycles. The van der Waals surface area contributed by atoms with E-state index in [1.807, 2.05) is 53.4 Å². The molecule has 1 aliphatic rings. The van der Waals surface area contributed by atoms with E-state index in [1.54, 1.807) is 7.11 Å². The van der Waals surface area contributed by atoms with Gasteiger partial charge in [0.05, 0.1) is 13.2 Å². The molecule has 1 atom stereocenters. The van der Waals surface area contributed by atoms with Crippen LogP contribution in [0.15, 0.2) is 48.5 Å². The predicted molar refractivity (Wildman–Crippen MR) is 108 cm³/mol. The number of nitrogens with zero attached hydrogens (tertiary/aromatic N) is 1. The normalized spacial score (nSPS) is 16.9. The Bertz CT molecular complexity index is 803. The predicted octanol–water partition coefficient (Wildman–Crippen LogP) is 3.62. The van der Waals surface area contributed by atoms with E-state index in [2.05, 4.69) is 5.32 Å². The van der Waals surface area contributed by atoms with E-state index >= 15 is 0 Å². The Morgan fingerprint density at radius 3 is 2.43 bits per heavy atom. The third kappa shape index (κ3) is 4.82. The molecule has 2 aromatic rings. The van der Waals surface area contributed by atoms with Crippen LogP contribution in [0.5, 0.6) is 5.75 Å². The lowest BCUT2D eigenvalue weighted by Crippen LogP contribution is -2.34. The zero-order valence-corrected chi connectivity index (χ0v) is 16.2. The second-order valence-corrected chi connectivity index (χ2v) is 7.05. The fraction of sp³-hybridized carbons (Fsp3) is 0.364. The molecule has 2 aromatic carbocycles. The highest BCUT2D eigenvalue weighted by atomic mass is 16.5. The summed E-state index contributed by atoms with van der Waals surface area (Å²) in [5.74, 6) is 0.854. The van der Waals surface area contributed by atoms with Crippen LogP contribution in [0.25, 0.3) is 0 Å². The number of hydrogen-bond donors (Lipinski definition) is 2. The zero-order chi connectivity index (χ0) is 19.9. The third-order valence-corrected chi connectivity index (χ3v) is 5.18. The first-order valence-electron chi connectivity index (χ1n) is 9.65. The molecule has 28 heavy (non-hydrogen) atoms. The van der Waals surface area contributed by atoms with Crippen molar-refractivity contribution < 1.29 is 14.3 Å². The summed E-state index contributed by atoms with van der Waals surface area (Å²) in [6.07, 6.45) is 4.21.